The molecule has 0 saturated heterocycles. The highest BCUT2D eigenvalue weighted by Gasteiger charge is 2.06. The molecule has 0 saturated carbocycles. The van der Waals surface area contributed by atoms with Crippen LogP contribution in [0.2, 0.25) is 0 Å². The van der Waals surface area contributed by atoms with Gasteiger partial charge in [-0.3, -0.25) is 0 Å². The molecule has 0 aromatic heterocycles. The summed E-state index contributed by atoms with van der Waals surface area (Å²) < 4.78 is 10.9. The number of rotatable bonds is 8. The summed E-state index contributed by atoms with van der Waals surface area (Å²) in [5.74, 6) is 0.854. The largest absolute Gasteiger partial charge is 0.497 e. The fourth-order valence-electron chi connectivity index (χ4n) is 2.44. The average molecular weight is 300 g/mol. The Morgan fingerprint density at radius 3 is 2.45 bits per heavy atom. The summed E-state index contributed by atoms with van der Waals surface area (Å²) in [6.07, 6.45) is 1.65. The molecule has 22 heavy (non-hydrogen) atoms. The van der Waals surface area contributed by atoms with Crippen molar-refractivity contribution in [2.24, 2.45) is 5.73 Å². The molecule has 0 heterocycles. The first-order valence-corrected chi connectivity index (χ1v) is 7.51. The van der Waals surface area contributed by atoms with E-state index in [-0.39, 0.29) is 0 Å². The van der Waals surface area contributed by atoms with Gasteiger partial charge in [0.2, 0.25) is 0 Å². The number of anilines is 1. The van der Waals surface area contributed by atoms with E-state index in [0.29, 0.717) is 19.8 Å². The highest BCUT2D eigenvalue weighted by Crippen LogP contribution is 2.18. The minimum Gasteiger partial charge on any atom is -0.497 e. The van der Waals surface area contributed by atoms with Crippen LogP contribution in [0.4, 0.5) is 5.69 Å². The third kappa shape index (κ3) is 4.48. The Labute approximate surface area is 132 Å². The second kappa shape index (κ2) is 8.41. The number of benzene rings is 2. The molecule has 0 spiro atoms. The molecule has 2 aromatic rings. The van der Waals surface area contributed by atoms with E-state index < -0.39 is 0 Å². The third-order valence-corrected chi connectivity index (χ3v) is 3.65. The summed E-state index contributed by atoms with van der Waals surface area (Å²) in [6.45, 7) is 1.85. The zero-order valence-electron chi connectivity index (χ0n) is 13.0. The van der Waals surface area contributed by atoms with Crippen LogP contribution in [-0.4, -0.2) is 20.3 Å². The first-order chi connectivity index (χ1) is 10.7. The van der Waals surface area contributed by atoms with Crippen molar-refractivity contribution < 1.29 is 9.47 Å². The maximum absolute atomic E-state index is 6.07. The van der Waals surface area contributed by atoms with Crippen molar-refractivity contribution in [2.45, 2.75) is 19.4 Å². The van der Waals surface area contributed by atoms with Crippen molar-refractivity contribution in [1.82, 2.24) is 0 Å². The van der Waals surface area contributed by atoms with Crippen LogP contribution in [0.3, 0.4) is 0 Å². The van der Waals surface area contributed by atoms with Crippen LogP contribution < -0.4 is 16.2 Å². The van der Waals surface area contributed by atoms with E-state index in [2.05, 4.69) is 6.07 Å². The molecule has 4 heteroatoms. The smallest absolute Gasteiger partial charge is 0.118 e. The first-order valence-electron chi connectivity index (χ1n) is 7.51. The van der Waals surface area contributed by atoms with Crippen LogP contribution >= 0.6 is 0 Å². The summed E-state index contributed by atoms with van der Waals surface area (Å²) in [5, 5.41) is 0. The van der Waals surface area contributed by atoms with Crippen molar-refractivity contribution >= 4 is 5.69 Å². The van der Waals surface area contributed by atoms with Crippen molar-refractivity contribution in [2.75, 3.05) is 26.0 Å². The second-order valence-corrected chi connectivity index (χ2v) is 5.17. The number of methoxy groups -OCH3 is 1. The van der Waals surface area contributed by atoms with E-state index in [9.17, 15) is 0 Å². The van der Waals surface area contributed by atoms with E-state index in [1.54, 1.807) is 7.11 Å². The van der Waals surface area contributed by atoms with Gasteiger partial charge in [0.05, 0.1) is 20.3 Å². The van der Waals surface area contributed by atoms with Crippen molar-refractivity contribution in [3.63, 3.8) is 0 Å². The van der Waals surface area contributed by atoms with Gasteiger partial charge in [-0.1, -0.05) is 24.3 Å². The molecule has 0 aliphatic heterocycles. The standard InChI is InChI=1S/C18H24N2O2/c1-21-16-7-5-14(6-8-16)13-22-12-10-17-15(9-11-19)3-2-4-18(17)20/h2-8H,9-13,19-20H2,1H3. The van der Waals surface area contributed by atoms with Crippen LogP contribution in [-0.2, 0) is 24.2 Å². The van der Waals surface area contributed by atoms with Crippen LogP contribution in [0.25, 0.3) is 0 Å². The normalized spacial score (nSPS) is 10.6. The highest BCUT2D eigenvalue weighted by atomic mass is 16.5. The summed E-state index contributed by atoms with van der Waals surface area (Å²) in [4.78, 5) is 0. The zero-order valence-corrected chi connectivity index (χ0v) is 13.0. The highest BCUT2D eigenvalue weighted by molar-refractivity contribution is 5.51. The fourth-order valence-corrected chi connectivity index (χ4v) is 2.44. The molecule has 0 aliphatic rings. The van der Waals surface area contributed by atoms with Crippen molar-refractivity contribution in [3.05, 3.63) is 59.2 Å². The number of nitrogen functional groups attached to an aromatic ring is 1. The lowest BCUT2D eigenvalue weighted by Gasteiger charge is -2.12. The number of hydrogen-bond donors (Lipinski definition) is 2. The second-order valence-electron chi connectivity index (χ2n) is 5.17. The van der Waals surface area contributed by atoms with Gasteiger partial charge in [0, 0.05) is 5.69 Å². The monoisotopic (exact) mass is 300 g/mol. The molecule has 0 bridgehead atoms. The van der Waals surface area contributed by atoms with E-state index in [1.807, 2.05) is 36.4 Å². The Kier molecular flexibility index (Phi) is 6.25. The van der Waals surface area contributed by atoms with Crippen LogP contribution in [0.15, 0.2) is 42.5 Å². The molecular formula is C18H24N2O2. The van der Waals surface area contributed by atoms with Gasteiger partial charge in [-0.15, -0.1) is 0 Å². The minimum absolute atomic E-state index is 0.586. The molecule has 118 valence electrons. The lowest BCUT2D eigenvalue weighted by atomic mass is 10.0. The maximum atomic E-state index is 6.07. The summed E-state index contributed by atoms with van der Waals surface area (Å²) in [7, 11) is 1.66. The Hall–Kier alpha value is -2.04. The van der Waals surface area contributed by atoms with Gasteiger partial charge in [0.15, 0.2) is 0 Å². The molecule has 4 N–H and O–H groups in total. The van der Waals surface area contributed by atoms with Gasteiger partial charge in [-0.05, 0) is 54.3 Å². The van der Waals surface area contributed by atoms with E-state index in [0.717, 1.165) is 35.4 Å². The van der Waals surface area contributed by atoms with Crippen LogP contribution in [0, 0.1) is 0 Å². The maximum Gasteiger partial charge on any atom is 0.118 e. The van der Waals surface area contributed by atoms with Gasteiger partial charge in [0.1, 0.15) is 5.75 Å². The predicted octanol–water partition coefficient (Wildman–Crippen LogP) is 2.54. The van der Waals surface area contributed by atoms with E-state index in [4.69, 9.17) is 20.9 Å². The minimum atomic E-state index is 0.586. The number of hydrogen-bond acceptors (Lipinski definition) is 4. The summed E-state index contributed by atoms with van der Waals surface area (Å²) in [6, 6.07) is 13.9. The Bertz CT molecular complexity index is 582. The van der Waals surface area contributed by atoms with Gasteiger partial charge < -0.3 is 20.9 Å². The number of ether oxygens (including phenoxy) is 2. The van der Waals surface area contributed by atoms with Gasteiger partial charge in [-0.25, -0.2) is 0 Å². The van der Waals surface area contributed by atoms with Gasteiger partial charge in [-0.2, -0.15) is 0 Å². The number of nitrogens with two attached hydrogens (primary N) is 2. The molecule has 0 radical (unpaired) electrons. The quantitative estimate of drug-likeness (QED) is 0.580. The molecule has 4 nitrogen and oxygen atoms in total. The molecule has 0 aliphatic carbocycles. The van der Waals surface area contributed by atoms with Crippen molar-refractivity contribution in [3.8, 4) is 5.75 Å². The SMILES string of the molecule is COc1ccc(COCCc2c(N)cccc2CCN)cc1. The Morgan fingerprint density at radius 2 is 1.77 bits per heavy atom. The molecule has 2 rings (SSSR count). The molecule has 2 aromatic carbocycles. The summed E-state index contributed by atoms with van der Waals surface area (Å²) >= 11 is 0. The van der Waals surface area contributed by atoms with E-state index in [1.165, 1.54) is 5.56 Å². The predicted molar refractivity (Wildman–Crippen MR) is 90.0 cm³/mol. The Morgan fingerprint density at radius 1 is 1.00 bits per heavy atom. The fraction of sp³-hybridized carbons (Fsp3) is 0.333. The third-order valence-electron chi connectivity index (χ3n) is 3.65. The van der Waals surface area contributed by atoms with E-state index >= 15 is 0 Å². The van der Waals surface area contributed by atoms with Gasteiger partial charge >= 0.3 is 0 Å². The van der Waals surface area contributed by atoms with Crippen LogP contribution in [0.5, 0.6) is 5.75 Å². The molecule has 0 unspecified atom stereocenters. The first kappa shape index (κ1) is 16.3. The Balaban J connectivity index is 1.85. The molecule has 0 atom stereocenters. The topological polar surface area (TPSA) is 70.5 Å². The zero-order chi connectivity index (χ0) is 15.8. The average Bonchev–Trinajstić information content (AvgIpc) is 2.54. The van der Waals surface area contributed by atoms with Gasteiger partial charge in [0.25, 0.3) is 0 Å². The molecule has 0 amide bonds. The lowest BCUT2D eigenvalue weighted by molar-refractivity contribution is 0.124. The molecular weight excluding hydrogens is 276 g/mol. The van der Waals surface area contributed by atoms with Crippen molar-refractivity contribution in [1.29, 1.82) is 0 Å². The lowest BCUT2D eigenvalue weighted by Crippen LogP contribution is -2.09. The van der Waals surface area contributed by atoms with Crippen LogP contribution in [0.1, 0.15) is 16.7 Å². The molecule has 0 fully saturated rings. The summed E-state index contributed by atoms with van der Waals surface area (Å²) in [5.41, 5.74) is 16.0.